The van der Waals surface area contributed by atoms with Gasteiger partial charge in [-0.1, -0.05) is 200 Å². The van der Waals surface area contributed by atoms with Crippen LogP contribution >= 0.6 is 23.2 Å². The molecule has 0 spiro atoms. The molecule has 0 aromatic heterocycles. The van der Waals surface area contributed by atoms with Crippen molar-refractivity contribution in [1.29, 1.82) is 0 Å². The second-order valence-electron chi connectivity index (χ2n) is 43.1. The monoisotopic (exact) mass is 2240 g/mol. The molecule has 2 aromatic rings. The lowest BCUT2D eigenvalue weighted by Gasteiger charge is -2.30. The fourth-order valence-electron chi connectivity index (χ4n) is 11.6. The van der Waals surface area contributed by atoms with Crippen LogP contribution in [0.3, 0.4) is 0 Å². The molecular weight excluding hydrogens is 2040 g/mol. The van der Waals surface area contributed by atoms with Crippen molar-refractivity contribution in [2.45, 2.75) is 365 Å². The number of ketones is 3. The number of carbonyl (C=O) groups is 9. The Labute approximate surface area is 897 Å². The number of ether oxygens (including phenoxy) is 2. The Morgan fingerprint density at radius 1 is 0.403 bits per heavy atom. The summed E-state index contributed by atoms with van der Waals surface area (Å²) in [7, 11) is -16.7. The Balaban J connectivity index is -0.000000307. The summed E-state index contributed by atoms with van der Waals surface area (Å²) in [6.07, 6.45) is 17.4. The zero-order valence-electron chi connectivity index (χ0n) is 96.6. The highest BCUT2D eigenvalue weighted by Gasteiger charge is 2.33. The van der Waals surface area contributed by atoms with E-state index in [4.69, 9.17) is 43.4 Å². The van der Waals surface area contributed by atoms with Crippen LogP contribution in [0.4, 0.5) is 0 Å². The summed E-state index contributed by atoms with van der Waals surface area (Å²) in [5.74, 6) is -0.295. The number of rotatable bonds is 62. The summed E-state index contributed by atoms with van der Waals surface area (Å²) in [5.41, 5.74) is 3.79. The molecule has 4 unspecified atom stereocenters. The van der Waals surface area contributed by atoms with Gasteiger partial charge < -0.3 is 78.2 Å². The van der Waals surface area contributed by atoms with Gasteiger partial charge in [-0.15, -0.1) is 0 Å². The molecule has 149 heavy (non-hydrogen) atoms. The first-order valence-electron chi connectivity index (χ1n) is 51.8. The number of quaternary nitrogens is 2. The van der Waals surface area contributed by atoms with Crippen LogP contribution in [-0.2, 0) is 119 Å². The summed E-state index contributed by atoms with van der Waals surface area (Å²) < 4.78 is 143. The highest BCUT2D eigenvalue weighted by atomic mass is 32.2. The van der Waals surface area contributed by atoms with Gasteiger partial charge in [-0.3, -0.25) is 61.3 Å². The van der Waals surface area contributed by atoms with E-state index < -0.39 is 93.3 Å². The van der Waals surface area contributed by atoms with Crippen molar-refractivity contribution in [3.8, 4) is 0 Å². The van der Waals surface area contributed by atoms with Crippen LogP contribution in [0.25, 0.3) is 0 Å². The van der Waals surface area contributed by atoms with E-state index >= 15 is 0 Å². The zero-order chi connectivity index (χ0) is 118. The first-order chi connectivity index (χ1) is 67.6. The molecule has 0 saturated heterocycles. The SMILES string of the molecule is C=C(C)C(=O)CCCNC(=O)C(C)(C)CC.C=C(C)C(=O)CCCc1ccc(C(C)CC)cc1.C=C(C)C(=O)CCCc1ccc(C(C)CC)cc1.CCC(C)(C)C(=O)NCCC[N+](C)(C)CCCCS(=O)(=O)[O-].CCC(C)(C)C(=O)NCCC[N+](C)(C)CCCCS(=O)(=O)[O-].CCC(C)(C)C(=O)OCCOP(=O)(O)O.CCC(C)(C)C(=O)OCCOP(=O)(O)O.CCC(C)C(=O)NC(C)(C)CS(=O)(=O)O.CCC(C)P(=O)(O)O. The Morgan fingerprint density at radius 2 is 0.678 bits per heavy atom. The summed E-state index contributed by atoms with van der Waals surface area (Å²) in [6.45, 7) is 67.8. The predicted octanol–water partition coefficient (Wildman–Crippen LogP) is 18.4. The zero-order valence-corrected chi connectivity index (χ0v) is 102. The van der Waals surface area contributed by atoms with Crippen molar-refractivity contribution >= 4 is 107 Å². The van der Waals surface area contributed by atoms with E-state index in [0.717, 1.165) is 92.9 Å². The van der Waals surface area contributed by atoms with Gasteiger partial charge in [0.25, 0.3) is 10.1 Å². The second-order valence-corrected chi connectivity index (χ2v) is 52.1. The van der Waals surface area contributed by atoms with Gasteiger partial charge in [0.05, 0.1) is 116 Å². The van der Waals surface area contributed by atoms with Crippen LogP contribution in [0.5, 0.6) is 0 Å². The van der Waals surface area contributed by atoms with Crippen molar-refractivity contribution in [1.82, 2.24) is 21.3 Å². The molecule has 872 valence electrons. The molecule has 0 aliphatic heterocycles. The summed E-state index contributed by atoms with van der Waals surface area (Å²) in [4.78, 5) is 154. The molecular formula is C106H199N6O31P3S3. The van der Waals surface area contributed by atoms with Gasteiger partial charge in [-0.25, -0.2) is 26.0 Å². The van der Waals surface area contributed by atoms with Gasteiger partial charge in [0.2, 0.25) is 23.6 Å². The van der Waals surface area contributed by atoms with E-state index in [1.807, 2.05) is 83.1 Å². The molecule has 0 aliphatic carbocycles. The predicted molar refractivity (Wildman–Crippen MR) is 593 cm³/mol. The van der Waals surface area contributed by atoms with Crippen molar-refractivity contribution < 1.29 is 153 Å². The van der Waals surface area contributed by atoms with Crippen molar-refractivity contribution in [2.24, 2.45) is 33.0 Å². The molecule has 0 fully saturated rings. The number of unbranched alkanes of at least 4 members (excludes halogenated alkanes) is 2. The number of phosphoric acid groups is 2. The van der Waals surface area contributed by atoms with Crippen LogP contribution in [0.15, 0.2) is 85.0 Å². The fraction of sp³-hybridized carbons (Fsp3) is 0.745. The normalized spacial score (nSPS) is 12.9. The Bertz CT molecular complexity index is 4550. The third kappa shape index (κ3) is 88.4. The lowest BCUT2D eigenvalue weighted by molar-refractivity contribution is -0.890. The number of nitrogens with zero attached hydrogens (tertiary/aromatic N) is 2. The summed E-state index contributed by atoms with van der Waals surface area (Å²) >= 11 is 0. The number of esters is 2. The van der Waals surface area contributed by atoms with Crippen molar-refractivity contribution in [2.75, 3.05) is 118 Å². The number of Topliss-reactive ketones (excluding diaryl/α,β-unsaturated/α-hetero) is 3. The Kier molecular flexibility index (Phi) is 80.3. The van der Waals surface area contributed by atoms with Gasteiger partial charge >= 0.3 is 35.2 Å². The Hall–Kier alpha value is -6.49. The first-order valence-corrected chi connectivity index (χ1v) is 61.3. The second kappa shape index (κ2) is 77.0. The van der Waals surface area contributed by atoms with Crippen molar-refractivity contribution in [3.63, 3.8) is 0 Å². The lowest BCUT2D eigenvalue weighted by atomic mass is 9.89. The maximum atomic E-state index is 11.9. The minimum absolute atomic E-state index is 0.0535. The van der Waals surface area contributed by atoms with Gasteiger partial charge in [-0.2, -0.15) is 8.42 Å². The number of hydrogen-bond acceptors (Lipinski definition) is 24. The van der Waals surface area contributed by atoms with E-state index in [0.29, 0.717) is 125 Å². The molecule has 0 heterocycles. The fourth-order valence-corrected chi connectivity index (χ4v) is 14.8. The maximum Gasteiger partial charge on any atom is 0.469 e. The van der Waals surface area contributed by atoms with Crippen LogP contribution in [0, 0.1) is 33.0 Å². The van der Waals surface area contributed by atoms with E-state index in [1.165, 1.54) is 35.1 Å². The third-order valence-electron chi connectivity index (χ3n) is 25.4. The number of carbonyl (C=O) groups excluding carboxylic acids is 9. The number of aryl methyl sites for hydroxylation is 2. The number of hydrogen-bond donors (Lipinski definition) is 11. The average Bonchev–Trinajstić information content (AvgIpc) is 0.860. The van der Waals surface area contributed by atoms with Crippen LogP contribution in [0.1, 0.15) is 363 Å². The topological polar surface area (TPSA) is 580 Å². The van der Waals surface area contributed by atoms with E-state index in [9.17, 15) is 91.2 Å². The molecule has 4 amide bonds. The largest absolute Gasteiger partial charge is 0.748 e. The molecule has 2 rings (SSSR count). The quantitative estimate of drug-likeness (QED) is 0.00731. The molecule has 0 bridgehead atoms. The standard InChI is InChI=1S/2C17H24O.2C15H32N2O4S.C13H23NO2.C9H19NO4S.2C8H17O6P.C4H11O3P/c2*1-5-14(4)16-11-9-15(10-12-16)7-6-8-17(18)13(2)3;2*1-6-15(2,3)14(18)16-10-9-12-17(4,5)11-7-8-13-22(19,20)21;1-6-13(4,5)12(16)14-9-7-8-11(15)10(2)3;1-5-7(2)8(11)10-9(3,4)6-15(12,13)14;2*1-4-8(2,3)7(9)13-5-6-14-15(10,11)12;1-3-4(2)8(5,6)7/h2*9-12,14H,2,5-8H2,1,3-4H3;2*6-13H2,1-5H3,(H-,16,18,19,20,21);2,6-9H2,1,3-5H3,(H,14,16);7H,5-6H2,1-4H3,(H,10,11)(H,12,13,14);2*4-6H2,1-3H3,(H2,10,11,12);4H,3H2,1-2H3,(H2,5,6,7). The highest BCUT2D eigenvalue weighted by molar-refractivity contribution is 7.86. The van der Waals surface area contributed by atoms with E-state index in [2.05, 4.69) is 154 Å². The molecule has 4 atom stereocenters. The van der Waals surface area contributed by atoms with Crippen LogP contribution in [0.2, 0.25) is 0 Å². The average molecular weight is 2240 g/mol. The maximum absolute atomic E-state index is 11.9. The third-order valence-corrected chi connectivity index (χ3v) is 30.6. The van der Waals surface area contributed by atoms with Gasteiger partial charge in [-0.05, 0) is 229 Å². The minimum Gasteiger partial charge on any atom is -0.748 e. The van der Waals surface area contributed by atoms with E-state index in [1.54, 1.807) is 83.1 Å². The highest BCUT2D eigenvalue weighted by Crippen LogP contribution is 2.42. The summed E-state index contributed by atoms with van der Waals surface area (Å²) in [6, 6.07) is 17.6. The van der Waals surface area contributed by atoms with Crippen LogP contribution < -0.4 is 21.3 Å². The van der Waals surface area contributed by atoms with Gasteiger partial charge in [0, 0.05) is 85.4 Å². The molecule has 0 radical (unpaired) electrons. The number of amides is 4. The number of nitrogens with one attached hydrogen (secondary N) is 4. The van der Waals surface area contributed by atoms with Crippen molar-refractivity contribution in [3.05, 3.63) is 107 Å². The molecule has 2 aromatic carbocycles. The van der Waals surface area contributed by atoms with Gasteiger partial charge in [0.15, 0.2) is 17.3 Å². The lowest BCUT2D eigenvalue weighted by Crippen LogP contribution is -2.49. The molecule has 43 heteroatoms. The van der Waals surface area contributed by atoms with Crippen LogP contribution in [-0.4, -0.2) is 259 Å². The minimum atomic E-state index is -4.46. The molecule has 11 N–H and O–H groups in total. The number of phosphoric ester groups is 2. The molecule has 37 nitrogen and oxygen atoms in total. The first kappa shape index (κ1) is 155. The smallest absolute Gasteiger partial charge is 0.469 e. The molecule has 0 aliphatic rings. The van der Waals surface area contributed by atoms with Gasteiger partial charge in [0.1, 0.15) is 13.2 Å². The summed E-state index contributed by atoms with van der Waals surface area (Å²) in [5, 5.41) is 11.4. The number of benzene rings is 2. The number of allylic oxidation sites excluding steroid dienone is 3. The Morgan fingerprint density at radius 3 is 0.906 bits per heavy atom. The van der Waals surface area contributed by atoms with E-state index in [-0.39, 0.29) is 101 Å². The molecule has 0 saturated carbocycles.